The van der Waals surface area contributed by atoms with Gasteiger partial charge in [-0.05, 0) is 0 Å². The summed E-state index contributed by atoms with van der Waals surface area (Å²) in [5.41, 5.74) is 3.33. The summed E-state index contributed by atoms with van der Waals surface area (Å²) in [6, 6.07) is 0. The second kappa shape index (κ2) is 9.34. The van der Waals surface area contributed by atoms with Crippen LogP contribution in [-0.2, 0) is 22.9 Å². The maximum atomic E-state index is 2.38. The number of allylic oxidation sites excluding steroid dienone is 8. The molecule has 2 aliphatic carbocycles. The largest absolute Gasteiger partial charge is 1.00 e. The average molecular weight is 647 g/mol. The van der Waals surface area contributed by atoms with Crippen LogP contribution in [0.4, 0.5) is 0 Å². The molecule has 19 heavy (non-hydrogen) atoms. The van der Waals surface area contributed by atoms with E-state index in [4.69, 9.17) is 0 Å². The Kier molecular flexibility index (Phi) is 9.97. The Morgan fingerprint density at radius 1 is 0.789 bits per heavy atom. The van der Waals surface area contributed by atoms with Crippen molar-refractivity contribution in [3.63, 3.8) is 0 Å². The summed E-state index contributed by atoms with van der Waals surface area (Å²) in [7, 11) is 0. The Morgan fingerprint density at radius 3 is 1.47 bits per heavy atom. The SMILES string of the molecule is CC(C)C1=[C]([Hf+2][C]2=C(C(C)C)C=CC2)CC=C1.[I-].[I-]. The molecule has 3 heteroatoms. The molecule has 0 fully saturated rings. The van der Waals surface area contributed by atoms with Crippen LogP contribution in [0.25, 0.3) is 0 Å². The molecule has 0 aromatic rings. The van der Waals surface area contributed by atoms with Crippen molar-refractivity contribution in [1.29, 1.82) is 0 Å². The molecule has 0 unspecified atom stereocenters. The minimum absolute atomic E-state index is 0. The first-order valence-electron chi connectivity index (χ1n) is 6.65. The van der Waals surface area contributed by atoms with Crippen molar-refractivity contribution in [2.75, 3.05) is 0 Å². The van der Waals surface area contributed by atoms with Crippen LogP contribution in [0.5, 0.6) is 0 Å². The first-order chi connectivity index (χ1) is 8.09. The van der Waals surface area contributed by atoms with E-state index < -0.39 is 22.9 Å². The third-order valence-corrected chi connectivity index (χ3v) is 9.19. The van der Waals surface area contributed by atoms with Gasteiger partial charge < -0.3 is 48.0 Å². The molecule has 0 aromatic heterocycles. The van der Waals surface area contributed by atoms with E-state index in [2.05, 4.69) is 52.0 Å². The molecule has 0 radical (unpaired) electrons. The second-order valence-corrected chi connectivity index (χ2v) is 10.8. The molecule has 2 rings (SSSR count). The predicted molar refractivity (Wildman–Crippen MR) is 71.2 cm³/mol. The fraction of sp³-hybridized carbons (Fsp3) is 0.500. The number of hydrogen-bond acceptors (Lipinski definition) is 0. The van der Waals surface area contributed by atoms with E-state index in [9.17, 15) is 0 Å². The van der Waals surface area contributed by atoms with Crippen LogP contribution in [0.3, 0.4) is 0 Å². The van der Waals surface area contributed by atoms with E-state index in [0.29, 0.717) is 11.8 Å². The Bertz CT molecular complexity index is 386. The Labute approximate surface area is 163 Å². The molecule has 0 amide bonds. The fourth-order valence-electron chi connectivity index (χ4n) is 2.55. The van der Waals surface area contributed by atoms with Gasteiger partial charge in [-0.1, -0.05) is 0 Å². The molecule has 0 nitrogen and oxygen atoms in total. The van der Waals surface area contributed by atoms with Gasteiger partial charge in [0.15, 0.2) is 0 Å². The van der Waals surface area contributed by atoms with Gasteiger partial charge in [-0.15, -0.1) is 0 Å². The van der Waals surface area contributed by atoms with E-state index in [1.807, 2.05) is 6.66 Å². The van der Waals surface area contributed by atoms with Gasteiger partial charge in [-0.25, -0.2) is 0 Å². The zero-order valence-corrected chi connectivity index (χ0v) is 20.0. The van der Waals surface area contributed by atoms with Gasteiger partial charge in [0.1, 0.15) is 0 Å². The number of rotatable bonds is 4. The molecule has 0 N–H and O–H groups in total. The summed E-state index contributed by atoms with van der Waals surface area (Å²) in [6.45, 7) is 9.33. The Hall–Kier alpha value is 1.29. The van der Waals surface area contributed by atoms with E-state index in [1.165, 1.54) is 12.8 Å². The number of halogens is 2. The van der Waals surface area contributed by atoms with Crippen LogP contribution < -0.4 is 48.0 Å². The molecule has 0 atom stereocenters. The Morgan fingerprint density at radius 2 is 1.16 bits per heavy atom. The van der Waals surface area contributed by atoms with Crippen LogP contribution in [0.2, 0.25) is 0 Å². The van der Waals surface area contributed by atoms with E-state index in [1.54, 1.807) is 11.1 Å². The fourth-order valence-corrected chi connectivity index (χ4v) is 9.15. The van der Waals surface area contributed by atoms with Gasteiger partial charge in [0.2, 0.25) is 0 Å². The van der Waals surface area contributed by atoms with Gasteiger partial charge >= 0.3 is 117 Å². The smallest absolute Gasteiger partial charge is 1.00 e. The third-order valence-electron chi connectivity index (χ3n) is 3.48. The van der Waals surface area contributed by atoms with Crippen molar-refractivity contribution in [3.05, 3.63) is 42.1 Å². The maximum absolute atomic E-state index is 2.38. The predicted octanol–water partition coefficient (Wildman–Crippen LogP) is -1.18. The van der Waals surface area contributed by atoms with Crippen LogP contribution in [0, 0.1) is 11.8 Å². The minimum atomic E-state index is -0.733. The van der Waals surface area contributed by atoms with Crippen molar-refractivity contribution < 1.29 is 70.9 Å². The summed E-state index contributed by atoms with van der Waals surface area (Å²) in [5, 5.41) is 0. The van der Waals surface area contributed by atoms with Gasteiger partial charge in [-0.2, -0.15) is 0 Å². The van der Waals surface area contributed by atoms with E-state index in [0.717, 1.165) is 0 Å². The van der Waals surface area contributed by atoms with Crippen molar-refractivity contribution >= 4 is 0 Å². The molecule has 0 saturated carbocycles. The standard InChI is InChI=1S/2C8H11.Hf.2HI/c2*1-7(2)8-5-3-4-6-8;;;/h2*3,5,7H,4H2,1-2H3;;2*1H/q;;+2;;/p-2. The monoisotopic (exact) mass is 648 g/mol. The summed E-state index contributed by atoms with van der Waals surface area (Å²) in [5.74, 6) is 1.43. The zero-order chi connectivity index (χ0) is 12.4. The summed E-state index contributed by atoms with van der Waals surface area (Å²) < 4.78 is 3.69. The zero-order valence-electron chi connectivity index (χ0n) is 12.1. The van der Waals surface area contributed by atoms with Gasteiger partial charge in [-0.3, -0.25) is 0 Å². The van der Waals surface area contributed by atoms with Crippen LogP contribution in [0.1, 0.15) is 40.5 Å². The van der Waals surface area contributed by atoms with E-state index in [-0.39, 0.29) is 48.0 Å². The van der Waals surface area contributed by atoms with Crippen molar-refractivity contribution in [2.45, 2.75) is 40.5 Å². The molecule has 0 spiro atoms. The number of hydrogen-bond donors (Lipinski definition) is 0. The molecule has 0 bridgehead atoms. The van der Waals surface area contributed by atoms with E-state index >= 15 is 0 Å². The summed E-state index contributed by atoms with van der Waals surface area (Å²) >= 11 is -0.733. The summed E-state index contributed by atoms with van der Waals surface area (Å²) in [6.07, 6.45) is 12.0. The molecule has 2 aliphatic rings. The molecule has 0 heterocycles. The topological polar surface area (TPSA) is 0 Å². The van der Waals surface area contributed by atoms with Crippen LogP contribution in [-0.4, -0.2) is 0 Å². The molecule has 0 aromatic carbocycles. The normalized spacial score (nSPS) is 17.2. The van der Waals surface area contributed by atoms with Crippen LogP contribution in [0.15, 0.2) is 42.1 Å². The Balaban J connectivity index is 0.00000162. The van der Waals surface area contributed by atoms with Crippen LogP contribution >= 0.6 is 0 Å². The van der Waals surface area contributed by atoms with Gasteiger partial charge in [0, 0.05) is 0 Å². The molecular formula is C16H22HfI2. The first kappa shape index (κ1) is 20.3. The average Bonchev–Trinajstić information content (AvgIpc) is 2.86. The van der Waals surface area contributed by atoms with Crippen molar-refractivity contribution in [2.24, 2.45) is 11.8 Å². The van der Waals surface area contributed by atoms with Gasteiger partial charge in [0.05, 0.1) is 0 Å². The third kappa shape index (κ3) is 5.20. The van der Waals surface area contributed by atoms with Crippen molar-refractivity contribution in [1.82, 2.24) is 0 Å². The first-order valence-corrected chi connectivity index (χ1v) is 10.2. The quantitative estimate of drug-likeness (QED) is 0.267. The minimum Gasteiger partial charge on any atom is -1.00 e. The van der Waals surface area contributed by atoms with Gasteiger partial charge in [0.25, 0.3) is 0 Å². The van der Waals surface area contributed by atoms with Crippen molar-refractivity contribution in [3.8, 4) is 0 Å². The summed E-state index contributed by atoms with van der Waals surface area (Å²) in [4.78, 5) is 0. The molecule has 104 valence electrons. The molecular weight excluding hydrogens is 624 g/mol. The molecule has 0 saturated heterocycles. The maximum Gasteiger partial charge on any atom is -1.00 e. The second-order valence-electron chi connectivity index (χ2n) is 5.52. The molecule has 0 aliphatic heterocycles.